The van der Waals surface area contributed by atoms with Crippen LogP contribution in [0.25, 0.3) is 0 Å². The third kappa shape index (κ3) is 3.85. The van der Waals surface area contributed by atoms with Crippen LogP contribution >= 0.6 is 0 Å². The molecule has 1 heterocycles. The van der Waals surface area contributed by atoms with Gasteiger partial charge in [-0.15, -0.1) is 0 Å². The van der Waals surface area contributed by atoms with Gasteiger partial charge in [0.2, 0.25) is 0 Å². The van der Waals surface area contributed by atoms with Gasteiger partial charge in [-0.1, -0.05) is 6.07 Å². The Balaban J connectivity index is 1.84. The van der Waals surface area contributed by atoms with Crippen molar-refractivity contribution in [2.24, 2.45) is 0 Å². The van der Waals surface area contributed by atoms with Gasteiger partial charge in [0.15, 0.2) is 11.5 Å². The van der Waals surface area contributed by atoms with Crippen LogP contribution in [0.5, 0.6) is 11.5 Å². The van der Waals surface area contributed by atoms with Crippen LogP contribution < -0.4 is 14.2 Å². The van der Waals surface area contributed by atoms with E-state index in [1.165, 1.54) is 18.2 Å². The van der Waals surface area contributed by atoms with E-state index in [0.29, 0.717) is 24.7 Å². The number of anilines is 1. The van der Waals surface area contributed by atoms with Gasteiger partial charge in [0.05, 0.1) is 17.1 Å². The van der Waals surface area contributed by atoms with E-state index in [9.17, 15) is 13.2 Å². The van der Waals surface area contributed by atoms with Crippen molar-refractivity contribution in [3.05, 3.63) is 48.0 Å². The minimum atomic E-state index is -3.84. The Labute approximate surface area is 145 Å². The zero-order valence-electron chi connectivity index (χ0n) is 13.5. The molecule has 3 rings (SSSR count). The van der Waals surface area contributed by atoms with Crippen LogP contribution in [-0.2, 0) is 14.8 Å². The molecule has 0 bridgehead atoms. The van der Waals surface area contributed by atoms with E-state index in [4.69, 9.17) is 14.2 Å². The fourth-order valence-electron chi connectivity index (χ4n) is 2.33. The fraction of sp³-hybridized carbons (Fsp3) is 0.235. The second-order valence-corrected chi connectivity index (χ2v) is 6.89. The lowest BCUT2D eigenvalue weighted by molar-refractivity contribution is 0.0526. The van der Waals surface area contributed by atoms with Gasteiger partial charge in [0.1, 0.15) is 13.2 Å². The molecule has 1 N–H and O–H groups in total. The molecule has 1 aliphatic rings. The van der Waals surface area contributed by atoms with E-state index in [1.807, 2.05) is 0 Å². The molecule has 0 radical (unpaired) electrons. The van der Waals surface area contributed by atoms with Gasteiger partial charge in [-0.25, -0.2) is 13.2 Å². The first-order valence-corrected chi connectivity index (χ1v) is 9.17. The Hall–Kier alpha value is -2.74. The Morgan fingerprint density at radius 3 is 2.64 bits per heavy atom. The number of hydrogen-bond acceptors (Lipinski definition) is 6. The molecule has 8 heteroatoms. The number of nitrogens with one attached hydrogen (secondary N) is 1. The number of hydrogen-bond donors (Lipinski definition) is 1. The highest BCUT2D eigenvalue weighted by atomic mass is 32.2. The first kappa shape index (κ1) is 17.1. The summed E-state index contributed by atoms with van der Waals surface area (Å²) in [7, 11) is -3.84. The molecule has 0 saturated carbocycles. The first-order chi connectivity index (χ1) is 12.0. The molecule has 2 aromatic rings. The number of rotatable bonds is 5. The minimum Gasteiger partial charge on any atom is -0.486 e. The van der Waals surface area contributed by atoms with E-state index in [2.05, 4.69) is 4.72 Å². The summed E-state index contributed by atoms with van der Waals surface area (Å²) in [5.41, 5.74) is 0.532. The molecule has 7 nitrogen and oxygen atoms in total. The summed E-state index contributed by atoms with van der Waals surface area (Å²) in [6.07, 6.45) is 0. The zero-order chi connectivity index (χ0) is 17.9. The van der Waals surface area contributed by atoms with Crippen molar-refractivity contribution in [3.8, 4) is 11.5 Å². The number of sulfonamides is 1. The number of esters is 1. The second kappa shape index (κ2) is 7.02. The quantitative estimate of drug-likeness (QED) is 0.821. The highest BCUT2D eigenvalue weighted by molar-refractivity contribution is 7.92. The molecule has 0 amide bonds. The molecule has 0 saturated heterocycles. The molecule has 0 fully saturated rings. The summed E-state index contributed by atoms with van der Waals surface area (Å²) < 4.78 is 43.3. The van der Waals surface area contributed by atoms with Gasteiger partial charge in [0, 0.05) is 11.8 Å². The van der Waals surface area contributed by atoms with Crippen LogP contribution in [0, 0.1) is 0 Å². The van der Waals surface area contributed by atoms with E-state index in [1.54, 1.807) is 31.2 Å². The molecule has 0 unspecified atom stereocenters. The average molecular weight is 363 g/mol. The van der Waals surface area contributed by atoms with Gasteiger partial charge in [-0.3, -0.25) is 4.72 Å². The van der Waals surface area contributed by atoms with Gasteiger partial charge in [0.25, 0.3) is 10.0 Å². The maximum absolute atomic E-state index is 12.6. The lowest BCUT2D eigenvalue weighted by Crippen LogP contribution is -2.17. The molecule has 0 aliphatic carbocycles. The van der Waals surface area contributed by atoms with Gasteiger partial charge < -0.3 is 14.2 Å². The van der Waals surface area contributed by atoms with E-state index in [-0.39, 0.29) is 22.8 Å². The van der Waals surface area contributed by atoms with E-state index in [0.717, 1.165) is 0 Å². The molecule has 1 aliphatic heterocycles. The second-order valence-electron chi connectivity index (χ2n) is 5.21. The molecule has 2 aromatic carbocycles. The van der Waals surface area contributed by atoms with Crippen molar-refractivity contribution in [2.45, 2.75) is 11.8 Å². The van der Waals surface area contributed by atoms with Crippen molar-refractivity contribution < 1.29 is 27.4 Å². The number of benzene rings is 2. The van der Waals surface area contributed by atoms with Crippen molar-refractivity contribution in [2.75, 3.05) is 24.5 Å². The van der Waals surface area contributed by atoms with E-state index >= 15 is 0 Å². The summed E-state index contributed by atoms with van der Waals surface area (Å²) in [5.74, 6) is 0.381. The number of fused-ring (bicyclic) bond motifs is 1. The monoisotopic (exact) mass is 363 g/mol. The summed E-state index contributed by atoms with van der Waals surface area (Å²) in [5, 5.41) is 0. The topological polar surface area (TPSA) is 90.9 Å². The van der Waals surface area contributed by atoms with Crippen molar-refractivity contribution >= 4 is 21.7 Å². The Morgan fingerprint density at radius 2 is 1.88 bits per heavy atom. The van der Waals surface area contributed by atoms with Crippen molar-refractivity contribution in [1.82, 2.24) is 0 Å². The Bertz CT molecular complexity index is 894. The number of ether oxygens (including phenoxy) is 3. The smallest absolute Gasteiger partial charge is 0.338 e. The predicted octanol–water partition coefficient (Wildman–Crippen LogP) is 2.44. The molecule has 132 valence electrons. The SMILES string of the molecule is CCOC(=O)c1cccc(NS(=O)(=O)c2ccc3c(c2)OCCO3)c1. The Morgan fingerprint density at radius 1 is 1.12 bits per heavy atom. The third-order valence-electron chi connectivity index (χ3n) is 3.45. The zero-order valence-corrected chi connectivity index (χ0v) is 14.3. The maximum Gasteiger partial charge on any atom is 0.338 e. The third-order valence-corrected chi connectivity index (χ3v) is 4.83. The first-order valence-electron chi connectivity index (χ1n) is 7.69. The summed E-state index contributed by atoms with van der Waals surface area (Å²) >= 11 is 0. The molecule has 0 atom stereocenters. The van der Waals surface area contributed by atoms with E-state index < -0.39 is 16.0 Å². The summed E-state index contributed by atoms with van der Waals surface area (Å²) in [6.45, 7) is 2.74. The highest BCUT2D eigenvalue weighted by Crippen LogP contribution is 2.32. The summed E-state index contributed by atoms with van der Waals surface area (Å²) in [4.78, 5) is 11.8. The van der Waals surface area contributed by atoms with Crippen LogP contribution in [0.4, 0.5) is 5.69 Å². The summed E-state index contributed by atoms with van der Waals surface area (Å²) in [6, 6.07) is 10.5. The fourth-order valence-corrected chi connectivity index (χ4v) is 3.39. The molecular formula is C17H17NO6S. The van der Waals surface area contributed by atoms with Crippen molar-refractivity contribution in [1.29, 1.82) is 0 Å². The molecule has 0 spiro atoms. The standard InChI is InChI=1S/C17H17NO6S/c1-2-22-17(19)12-4-3-5-13(10-12)18-25(20,21)14-6-7-15-16(11-14)24-9-8-23-15/h3-7,10-11,18H,2,8-9H2,1H3. The highest BCUT2D eigenvalue weighted by Gasteiger charge is 2.20. The molecule has 0 aromatic heterocycles. The maximum atomic E-state index is 12.6. The normalized spacial score (nSPS) is 13.2. The average Bonchev–Trinajstić information content (AvgIpc) is 2.61. The predicted molar refractivity (Wildman–Crippen MR) is 90.6 cm³/mol. The minimum absolute atomic E-state index is 0.0401. The Kier molecular flexibility index (Phi) is 4.80. The van der Waals surface area contributed by atoms with Crippen LogP contribution in [0.2, 0.25) is 0 Å². The van der Waals surface area contributed by atoms with Crippen LogP contribution in [0.1, 0.15) is 17.3 Å². The van der Waals surface area contributed by atoms with Gasteiger partial charge in [-0.05, 0) is 37.3 Å². The van der Waals surface area contributed by atoms with Crippen LogP contribution in [0.15, 0.2) is 47.4 Å². The van der Waals surface area contributed by atoms with Crippen molar-refractivity contribution in [3.63, 3.8) is 0 Å². The lowest BCUT2D eigenvalue weighted by Gasteiger charge is -2.19. The lowest BCUT2D eigenvalue weighted by atomic mass is 10.2. The number of carbonyl (C=O) groups excluding carboxylic acids is 1. The van der Waals surface area contributed by atoms with Crippen LogP contribution in [0.3, 0.4) is 0 Å². The molecular weight excluding hydrogens is 346 g/mol. The van der Waals surface area contributed by atoms with Crippen LogP contribution in [-0.4, -0.2) is 34.2 Å². The number of carbonyl (C=O) groups is 1. The van der Waals surface area contributed by atoms with Gasteiger partial charge >= 0.3 is 5.97 Å². The largest absolute Gasteiger partial charge is 0.486 e. The van der Waals surface area contributed by atoms with Gasteiger partial charge in [-0.2, -0.15) is 0 Å². The molecule has 25 heavy (non-hydrogen) atoms.